The van der Waals surface area contributed by atoms with Gasteiger partial charge in [-0.15, -0.1) is 0 Å². The van der Waals surface area contributed by atoms with Crippen LogP contribution in [0.2, 0.25) is 13.1 Å². The third-order valence-electron chi connectivity index (χ3n) is 8.98. The first-order chi connectivity index (χ1) is 22.1. The second-order valence-corrected chi connectivity index (χ2v) is 16.4. The van der Waals surface area contributed by atoms with Gasteiger partial charge in [-0.25, -0.2) is 15.0 Å². The molecule has 4 heteroatoms. The van der Waals surface area contributed by atoms with E-state index in [4.69, 9.17) is 15.0 Å². The van der Waals surface area contributed by atoms with E-state index in [1.165, 1.54) is 32.6 Å². The highest BCUT2D eigenvalue weighted by atomic mass is 28.3. The van der Waals surface area contributed by atoms with Crippen LogP contribution in [-0.2, 0) is 0 Å². The van der Waals surface area contributed by atoms with Crippen LogP contribution in [0.4, 0.5) is 0 Å². The average molecular weight is 594 g/mol. The zero-order valence-corrected chi connectivity index (χ0v) is 26.3. The van der Waals surface area contributed by atoms with E-state index in [9.17, 15) is 0 Å². The van der Waals surface area contributed by atoms with Gasteiger partial charge in [0.1, 0.15) is 8.07 Å². The van der Waals surface area contributed by atoms with Gasteiger partial charge in [0.2, 0.25) is 0 Å². The highest BCUT2D eigenvalue weighted by molar-refractivity contribution is 7.04. The van der Waals surface area contributed by atoms with E-state index in [2.05, 4.69) is 153 Å². The zero-order valence-electron chi connectivity index (χ0n) is 25.3. The maximum atomic E-state index is 5.16. The van der Waals surface area contributed by atoms with Crippen molar-refractivity contribution in [1.82, 2.24) is 15.0 Å². The summed E-state index contributed by atoms with van der Waals surface area (Å²) in [7, 11) is -1.85. The van der Waals surface area contributed by atoms with Gasteiger partial charge < -0.3 is 0 Å². The lowest BCUT2D eigenvalue weighted by atomic mass is 9.99. The molecular weight excluding hydrogens is 563 g/mol. The van der Waals surface area contributed by atoms with Gasteiger partial charge >= 0.3 is 0 Å². The maximum absolute atomic E-state index is 5.16. The Morgan fingerprint density at radius 3 is 1.29 bits per heavy atom. The van der Waals surface area contributed by atoms with E-state index in [0.29, 0.717) is 17.5 Å². The fourth-order valence-electron chi connectivity index (χ4n) is 6.58. The average Bonchev–Trinajstić information content (AvgIpc) is 3.35. The highest BCUT2D eigenvalue weighted by Gasteiger charge is 2.38. The summed E-state index contributed by atoms with van der Waals surface area (Å²) in [4.78, 5) is 15.4. The minimum Gasteiger partial charge on any atom is -0.208 e. The molecule has 6 aromatic carbocycles. The Balaban J connectivity index is 1.29. The van der Waals surface area contributed by atoms with E-state index in [-0.39, 0.29) is 0 Å². The second kappa shape index (κ2) is 10.9. The molecule has 0 saturated carbocycles. The molecule has 0 atom stereocenters. The standard InChI is InChI=1S/C41H31N3Si/c1-45(2)36-18-10-9-16-34(36)38-35(17-11-19-37(38)45)41-43-39(32-24-20-30(21-25-32)28-12-5-3-6-13-28)42-40(44-41)33-26-22-31(23-27-33)29-14-7-4-8-15-29/h3-27H,1-2H3. The predicted molar refractivity (Wildman–Crippen MR) is 189 cm³/mol. The Bertz CT molecular complexity index is 2050. The van der Waals surface area contributed by atoms with Crippen molar-refractivity contribution in [3.8, 4) is 67.5 Å². The van der Waals surface area contributed by atoms with Crippen LogP contribution in [0.15, 0.2) is 152 Å². The lowest BCUT2D eigenvalue weighted by Crippen LogP contribution is -2.49. The summed E-state index contributed by atoms with van der Waals surface area (Å²) in [5, 5.41) is 2.90. The van der Waals surface area contributed by atoms with Gasteiger partial charge in [-0.2, -0.15) is 0 Å². The van der Waals surface area contributed by atoms with Gasteiger partial charge in [0.25, 0.3) is 0 Å². The van der Waals surface area contributed by atoms with Crippen LogP contribution in [0.3, 0.4) is 0 Å². The third-order valence-corrected chi connectivity index (χ3v) is 12.5. The van der Waals surface area contributed by atoms with Gasteiger partial charge in [0.15, 0.2) is 17.5 Å². The van der Waals surface area contributed by atoms with Crippen molar-refractivity contribution in [2.75, 3.05) is 0 Å². The minimum atomic E-state index is -1.85. The molecule has 0 radical (unpaired) electrons. The lowest BCUT2D eigenvalue weighted by molar-refractivity contribution is 1.07. The van der Waals surface area contributed by atoms with Crippen molar-refractivity contribution in [1.29, 1.82) is 0 Å². The molecule has 0 fully saturated rings. The fraction of sp³-hybridized carbons (Fsp3) is 0.0488. The number of benzene rings is 6. The molecule has 8 rings (SSSR count). The van der Waals surface area contributed by atoms with E-state index >= 15 is 0 Å². The van der Waals surface area contributed by atoms with Crippen LogP contribution >= 0.6 is 0 Å². The summed E-state index contributed by atoms with van der Waals surface area (Å²) in [5.41, 5.74) is 10.3. The van der Waals surface area contributed by atoms with Crippen molar-refractivity contribution < 1.29 is 0 Å². The van der Waals surface area contributed by atoms with E-state index < -0.39 is 8.07 Å². The van der Waals surface area contributed by atoms with Gasteiger partial charge in [0, 0.05) is 16.7 Å². The quantitative estimate of drug-likeness (QED) is 0.187. The summed E-state index contributed by atoms with van der Waals surface area (Å²) < 4.78 is 0. The van der Waals surface area contributed by atoms with E-state index in [1.807, 2.05) is 12.1 Å². The number of hydrogen-bond donors (Lipinski definition) is 0. The lowest BCUT2D eigenvalue weighted by Gasteiger charge is -2.18. The van der Waals surface area contributed by atoms with Crippen molar-refractivity contribution in [3.05, 3.63) is 152 Å². The molecule has 45 heavy (non-hydrogen) atoms. The molecule has 1 aliphatic heterocycles. The van der Waals surface area contributed by atoms with E-state index in [0.717, 1.165) is 27.8 Å². The topological polar surface area (TPSA) is 38.7 Å². The molecule has 1 aliphatic rings. The molecule has 3 nitrogen and oxygen atoms in total. The Labute approximate surface area is 265 Å². The molecule has 0 N–H and O–H groups in total. The van der Waals surface area contributed by atoms with Crippen molar-refractivity contribution in [2.45, 2.75) is 13.1 Å². The number of aromatic nitrogens is 3. The van der Waals surface area contributed by atoms with Crippen molar-refractivity contribution >= 4 is 18.4 Å². The van der Waals surface area contributed by atoms with Gasteiger partial charge in [0.05, 0.1) is 0 Å². The van der Waals surface area contributed by atoms with Crippen LogP contribution in [0.25, 0.3) is 67.5 Å². The molecule has 2 heterocycles. The fourth-order valence-corrected chi connectivity index (χ4v) is 9.67. The van der Waals surface area contributed by atoms with Crippen LogP contribution in [-0.4, -0.2) is 23.0 Å². The predicted octanol–water partition coefficient (Wildman–Crippen LogP) is 9.01. The molecule has 0 unspecified atom stereocenters. The second-order valence-electron chi connectivity index (χ2n) is 12.1. The van der Waals surface area contributed by atoms with Crippen LogP contribution < -0.4 is 10.4 Å². The summed E-state index contributed by atoms with van der Waals surface area (Å²) in [6, 6.07) is 53.4. The van der Waals surface area contributed by atoms with Gasteiger partial charge in [-0.3, -0.25) is 0 Å². The Hall–Kier alpha value is -5.45. The number of hydrogen-bond acceptors (Lipinski definition) is 3. The first-order valence-electron chi connectivity index (χ1n) is 15.4. The zero-order chi connectivity index (χ0) is 30.4. The Morgan fingerprint density at radius 2 is 0.733 bits per heavy atom. The van der Waals surface area contributed by atoms with E-state index in [1.54, 1.807) is 0 Å². The highest BCUT2D eigenvalue weighted by Crippen LogP contribution is 2.36. The third kappa shape index (κ3) is 4.80. The monoisotopic (exact) mass is 593 g/mol. The molecule has 0 aliphatic carbocycles. The van der Waals surface area contributed by atoms with Crippen molar-refractivity contribution in [3.63, 3.8) is 0 Å². The Morgan fingerprint density at radius 1 is 0.333 bits per heavy atom. The number of fused-ring (bicyclic) bond motifs is 3. The van der Waals surface area contributed by atoms with Crippen LogP contribution in [0.5, 0.6) is 0 Å². The Kier molecular flexibility index (Phi) is 6.58. The van der Waals surface area contributed by atoms with Gasteiger partial charge in [-0.1, -0.05) is 165 Å². The smallest absolute Gasteiger partial charge is 0.164 e. The first-order valence-corrected chi connectivity index (χ1v) is 18.4. The van der Waals surface area contributed by atoms with Gasteiger partial charge in [-0.05, 0) is 43.8 Å². The van der Waals surface area contributed by atoms with Crippen molar-refractivity contribution in [2.24, 2.45) is 0 Å². The molecule has 1 aromatic heterocycles. The van der Waals surface area contributed by atoms with Crippen LogP contribution in [0.1, 0.15) is 0 Å². The number of nitrogens with zero attached hydrogens (tertiary/aromatic N) is 3. The number of rotatable bonds is 5. The maximum Gasteiger partial charge on any atom is 0.164 e. The molecule has 0 saturated heterocycles. The molecular formula is C41H31N3Si. The summed E-state index contributed by atoms with van der Waals surface area (Å²) in [6.07, 6.45) is 0. The van der Waals surface area contributed by atoms with Crippen LogP contribution in [0, 0.1) is 0 Å². The molecule has 0 spiro atoms. The molecule has 214 valence electrons. The summed E-state index contributed by atoms with van der Waals surface area (Å²) >= 11 is 0. The molecule has 7 aromatic rings. The SMILES string of the molecule is C[Si]1(C)c2ccccc2-c2c(-c3nc(-c4ccc(-c5ccccc5)cc4)nc(-c4ccc(-c5ccccc5)cc4)n3)cccc21. The molecule has 0 amide bonds. The first kappa shape index (κ1) is 27.1. The summed E-state index contributed by atoms with van der Waals surface area (Å²) in [6.45, 7) is 4.88. The summed E-state index contributed by atoms with van der Waals surface area (Å²) in [5.74, 6) is 2.04. The largest absolute Gasteiger partial charge is 0.208 e. The minimum absolute atomic E-state index is 0.669. The normalized spacial score (nSPS) is 12.8. The molecule has 0 bridgehead atoms.